The van der Waals surface area contributed by atoms with Gasteiger partial charge < -0.3 is 14.4 Å². The average Bonchev–Trinajstić information content (AvgIpc) is 2.68. The Kier molecular flexibility index (Phi) is 3.95. The van der Waals surface area contributed by atoms with Gasteiger partial charge in [0, 0.05) is 35.8 Å². The van der Waals surface area contributed by atoms with Gasteiger partial charge in [0.15, 0.2) is 0 Å². The molecule has 120 valence electrons. The van der Waals surface area contributed by atoms with Gasteiger partial charge in [-0.15, -0.1) is 0 Å². The molecule has 1 heterocycles. The van der Waals surface area contributed by atoms with Crippen molar-refractivity contribution in [1.29, 1.82) is 0 Å². The molecule has 7 heteroatoms. The normalized spacial score (nSPS) is 15.0. The van der Waals surface area contributed by atoms with Crippen LogP contribution in [0.5, 0.6) is 0 Å². The van der Waals surface area contributed by atoms with E-state index in [0.29, 0.717) is 5.52 Å². The number of benzene rings is 1. The fourth-order valence-electron chi connectivity index (χ4n) is 2.77. The molecule has 0 spiro atoms. The van der Waals surface area contributed by atoms with Crippen molar-refractivity contribution in [2.45, 2.75) is 25.6 Å². The maximum atomic E-state index is 13.7. The third kappa shape index (κ3) is 2.08. The first-order valence-electron chi connectivity index (χ1n) is 6.67. The number of rotatable bonds is 4. The van der Waals surface area contributed by atoms with Gasteiger partial charge in [-0.25, -0.2) is 4.79 Å². The van der Waals surface area contributed by atoms with Crippen LogP contribution < -0.4 is 0 Å². The fraction of sp³-hybridized carbons (Fsp3) is 0.400. The summed E-state index contributed by atoms with van der Waals surface area (Å²) in [6, 6.07) is 6.36. The van der Waals surface area contributed by atoms with E-state index in [1.807, 2.05) is 0 Å². The first-order valence-corrected chi connectivity index (χ1v) is 6.67. The number of carbonyl (C=O) groups is 1. The molecule has 2 aromatic rings. The lowest BCUT2D eigenvalue weighted by molar-refractivity contribution is -0.279. The van der Waals surface area contributed by atoms with Crippen molar-refractivity contribution in [3.05, 3.63) is 35.5 Å². The van der Waals surface area contributed by atoms with E-state index in [1.165, 1.54) is 24.5 Å². The van der Waals surface area contributed by atoms with Gasteiger partial charge >= 0.3 is 12.1 Å². The van der Waals surface area contributed by atoms with Crippen LogP contribution in [-0.2, 0) is 22.2 Å². The average molecular weight is 315 g/mol. The number of fused-ring (bicyclic) bond motifs is 1. The summed E-state index contributed by atoms with van der Waals surface area (Å²) in [4.78, 5) is 11.6. The highest BCUT2D eigenvalue weighted by atomic mass is 19.4. The van der Waals surface area contributed by atoms with Crippen molar-refractivity contribution in [3.63, 3.8) is 0 Å². The van der Waals surface area contributed by atoms with Crippen molar-refractivity contribution in [1.82, 2.24) is 4.57 Å². The third-order valence-corrected chi connectivity index (χ3v) is 3.81. The maximum absolute atomic E-state index is 13.7. The van der Waals surface area contributed by atoms with Crippen LogP contribution in [0.2, 0.25) is 0 Å². The van der Waals surface area contributed by atoms with Crippen LogP contribution in [0.1, 0.15) is 18.2 Å². The summed E-state index contributed by atoms with van der Waals surface area (Å²) < 4.78 is 47.4. The number of hydrogen-bond donors (Lipinski definition) is 1. The van der Waals surface area contributed by atoms with Crippen LogP contribution in [-0.4, -0.2) is 28.4 Å². The molecule has 0 bridgehead atoms. The quantitative estimate of drug-likeness (QED) is 0.941. The fourth-order valence-corrected chi connectivity index (χ4v) is 2.77. The summed E-state index contributed by atoms with van der Waals surface area (Å²) >= 11 is 0. The molecule has 1 atom stereocenters. The summed E-state index contributed by atoms with van der Waals surface area (Å²) in [6.07, 6.45) is -5.09. The summed E-state index contributed by atoms with van der Waals surface area (Å²) in [6.45, 7) is 2.41. The number of halogens is 3. The van der Waals surface area contributed by atoms with Gasteiger partial charge in [-0.3, -0.25) is 0 Å². The van der Waals surface area contributed by atoms with Gasteiger partial charge in [0.05, 0.1) is 0 Å². The van der Waals surface area contributed by atoms with Gasteiger partial charge in [0.25, 0.3) is 5.60 Å². The molecule has 0 aliphatic rings. The molecule has 2 rings (SSSR count). The van der Waals surface area contributed by atoms with Crippen LogP contribution in [0.4, 0.5) is 13.2 Å². The molecule has 0 aliphatic carbocycles. The van der Waals surface area contributed by atoms with Gasteiger partial charge in [-0.1, -0.05) is 18.2 Å². The first-order chi connectivity index (χ1) is 10.2. The SMILES string of the molecule is CCOC(C(=O)O)(c1c(C)n(C)c2ccccc12)C(F)(F)F. The molecular formula is C15H16F3NO3. The second kappa shape index (κ2) is 5.31. The number of para-hydroxylation sites is 1. The molecule has 22 heavy (non-hydrogen) atoms. The Labute approximate surface area is 125 Å². The van der Waals surface area contributed by atoms with E-state index in [1.54, 1.807) is 25.2 Å². The first kappa shape index (κ1) is 16.4. The monoisotopic (exact) mass is 315 g/mol. The van der Waals surface area contributed by atoms with E-state index in [0.717, 1.165) is 0 Å². The Morgan fingerprint density at radius 3 is 2.41 bits per heavy atom. The lowest BCUT2D eigenvalue weighted by Crippen LogP contribution is -2.51. The zero-order chi connectivity index (χ0) is 16.7. The topological polar surface area (TPSA) is 51.5 Å². The van der Waals surface area contributed by atoms with Crippen molar-refractivity contribution in [2.75, 3.05) is 6.61 Å². The summed E-state index contributed by atoms with van der Waals surface area (Å²) in [5.74, 6) is -2.07. The number of aryl methyl sites for hydroxylation is 1. The summed E-state index contributed by atoms with van der Waals surface area (Å²) in [5.41, 5.74) is -3.03. The molecule has 0 fully saturated rings. The van der Waals surface area contributed by atoms with Gasteiger partial charge in [0.2, 0.25) is 0 Å². The molecule has 1 aromatic heterocycles. The Bertz CT molecular complexity index is 721. The lowest BCUT2D eigenvalue weighted by Gasteiger charge is -2.32. The van der Waals surface area contributed by atoms with E-state index < -0.39 is 17.7 Å². The molecule has 1 N–H and O–H groups in total. The van der Waals surface area contributed by atoms with Gasteiger partial charge in [-0.05, 0) is 19.9 Å². The molecule has 4 nitrogen and oxygen atoms in total. The molecule has 0 aliphatic heterocycles. The number of aliphatic carboxylic acids is 1. The molecule has 1 aromatic carbocycles. The zero-order valence-electron chi connectivity index (χ0n) is 12.4. The lowest BCUT2D eigenvalue weighted by atomic mass is 9.90. The Balaban J connectivity index is 2.95. The van der Waals surface area contributed by atoms with Crippen molar-refractivity contribution in [2.24, 2.45) is 7.05 Å². The minimum absolute atomic E-state index is 0.203. The molecule has 0 saturated carbocycles. The van der Waals surface area contributed by atoms with Gasteiger partial charge in [-0.2, -0.15) is 13.2 Å². The minimum atomic E-state index is -5.09. The van der Waals surface area contributed by atoms with Crippen molar-refractivity contribution < 1.29 is 27.8 Å². The van der Waals surface area contributed by atoms with Crippen LogP contribution >= 0.6 is 0 Å². The second-order valence-corrected chi connectivity index (χ2v) is 4.95. The Morgan fingerprint density at radius 1 is 1.32 bits per heavy atom. The minimum Gasteiger partial charge on any atom is -0.479 e. The predicted octanol–water partition coefficient (Wildman–Crippen LogP) is 3.37. The van der Waals surface area contributed by atoms with E-state index >= 15 is 0 Å². The number of carboxylic acid groups (broad SMARTS) is 1. The molecule has 0 amide bonds. The number of carboxylic acids is 1. The highest BCUT2D eigenvalue weighted by Crippen LogP contribution is 2.47. The highest BCUT2D eigenvalue weighted by molar-refractivity contribution is 5.93. The number of aromatic nitrogens is 1. The highest BCUT2D eigenvalue weighted by Gasteiger charge is 2.65. The molecular weight excluding hydrogens is 299 g/mol. The largest absolute Gasteiger partial charge is 0.479 e. The van der Waals surface area contributed by atoms with Crippen LogP contribution in [0, 0.1) is 6.92 Å². The van der Waals surface area contributed by atoms with Gasteiger partial charge in [0.1, 0.15) is 0 Å². The Hall–Kier alpha value is -2.02. The van der Waals surface area contributed by atoms with E-state index in [-0.39, 0.29) is 23.3 Å². The summed E-state index contributed by atoms with van der Waals surface area (Å²) in [7, 11) is 1.59. The van der Waals surface area contributed by atoms with Crippen LogP contribution in [0.15, 0.2) is 24.3 Å². The number of alkyl halides is 3. The summed E-state index contributed by atoms with van der Waals surface area (Å²) in [5, 5.41) is 9.60. The Morgan fingerprint density at radius 2 is 1.91 bits per heavy atom. The third-order valence-electron chi connectivity index (χ3n) is 3.81. The number of ether oxygens (including phenoxy) is 1. The second-order valence-electron chi connectivity index (χ2n) is 4.95. The maximum Gasteiger partial charge on any atom is 0.432 e. The molecule has 0 saturated heterocycles. The van der Waals surface area contributed by atoms with Crippen molar-refractivity contribution >= 4 is 16.9 Å². The van der Waals surface area contributed by atoms with E-state index in [4.69, 9.17) is 4.74 Å². The van der Waals surface area contributed by atoms with Crippen molar-refractivity contribution in [3.8, 4) is 0 Å². The molecule has 0 radical (unpaired) electrons. The smallest absolute Gasteiger partial charge is 0.432 e. The van der Waals surface area contributed by atoms with Crippen LogP contribution in [0.3, 0.4) is 0 Å². The number of nitrogens with zero attached hydrogens (tertiary/aromatic N) is 1. The number of hydrogen-bond acceptors (Lipinski definition) is 2. The predicted molar refractivity (Wildman–Crippen MR) is 74.7 cm³/mol. The van der Waals surface area contributed by atoms with E-state index in [2.05, 4.69) is 0 Å². The standard InChI is InChI=1S/C15H16F3NO3/c1-4-22-14(13(20)21,15(16,17)18)12-9(2)19(3)11-8-6-5-7-10(11)12/h5-8H,4H2,1-3H3,(H,20,21). The molecule has 1 unspecified atom stereocenters. The van der Waals surface area contributed by atoms with Crippen LogP contribution in [0.25, 0.3) is 10.9 Å². The van der Waals surface area contributed by atoms with E-state index in [9.17, 15) is 23.1 Å². The zero-order valence-corrected chi connectivity index (χ0v) is 12.4.